The zero-order chi connectivity index (χ0) is 27.6. The van der Waals surface area contributed by atoms with Crippen molar-refractivity contribution in [1.29, 1.82) is 5.41 Å². The molecule has 0 spiro atoms. The number of hydrazine groups is 1. The van der Waals surface area contributed by atoms with Gasteiger partial charge in [-0.2, -0.15) is 36.2 Å². The number of anilines is 1. The van der Waals surface area contributed by atoms with Crippen molar-refractivity contribution in [3.8, 4) is 0 Å². The largest absolute Gasteiger partial charge is 0.460 e. The molecule has 0 atom stereocenters. The highest BCUT2D eigenvalue weighted by atomic mass is 32.2. The van der Waals surface area contributed by atoms with Gasteiger partial charge in [-0.05, 0) is 19.1 Å². The second kappa shape index (κ2) is 10.5. The second-order valence-electron chi connectivity index (χ2n) is 7.23. The van der Waals surface area contributed by atoms with Crippen molar-refractivity contribution in [2.75, 3.05) is 19.5 Å². The van der Waals surface area contributed by atoms with Gasteiger partial charge in [0.05, 0.1) is 12.7 Å². The Morgan fingerprint density at radius 3 is 2.31 bits per heavy atom. The standard InChI is InChI=1S/C19H18F8N6O2S/c1-8-4-13(36-16(28)33(2)29)10(6-12(8)32-35-3)15(34)31-14-11(20)5-9(7-30-14)17(21,22)18(23,24)19(25,26)27/h4-7,28,32H,29H2,1-3H3,(H,30,31,34)/p+1. The van der Waals surface area contributed by atoms with Crippen molar-refractivity contribution in [3.05, 3.63) is 46.9 Å². The minimum absolute atomic E-state index is 0.105. The monoisotopic (exact) mass is 547 g/mol. The Balaban J connectivity index is 2.45. The molecule has 1 heterocycles. The van der Waals surface area contributed by atoms with Gasteiger partial charge in [0, 0.05) is 35.3 Å². The highest BCUT2D eigenvalue weighted by molar-refractivity contribution is 8.13. The van der Waals surface area contributed by atoms with Crippen LogP contribution in [0.3, 0.4) is 0 Å². The molecule has 8 nitrogen and oxygen atoms in total. The first-order chi connectivity index (χ1) is 16.4. The summed E-state index contributed by atoms with van der Waals surface area (Å²) in [5.41, 5.74) is 0.0580. The van der Waals surface area contributed by atoms with Gasteiger partial charge in [0.25, 0.3) is 5.91 Å². The van der Waals surface area contributed by atoms with E-state index in [0.29, 0.717) is 11.3 Å². The van der Waals surface area contributed by atoms with Crippen molar-refractivity contribution >= 4 is 34.3 Å². The van der Waals surface area contributed by atoms with Crippen LogP contribution in [0.4, 0.5) is 46.6 Å². The van der Waals surface area contributed by atoms with Crippen LogP contribution < -0.4 is 16.6 Å². The Morgan fingerprint density at radius 2 is 1.81 bits per heavy atom. The fourth-order valence-corrected chi connectivity index (χ4v) is 3.48. The van der Waals surface area contributed by atoms with E-state index in [4.69, 9.17) is 16.1 Å². The molecule has 198 valence electrons. The van der Waals surface area contributed by atoms with Crippen LogP contribution in [0, 0.1) is 18.2 Å². The maximum absolute atomic E-state index is 14.4. The van der Waals surface area contributed by atoms with E-state index in [9.17, 15) is 39.9 Å². The van der Waals surface area contributed by atoms with Gasteiger partial charge < -0.3 is 5.32 Å². The van der Waals surface area contributed by atoms with Crippen molar-refractivity contribution in [3.63, 3.8) is 0 Å². The predicted octanol–water partition coefficient (Wildman–Crippen LogP) is 3.66. The molecule has 0 radical (unpaired) electrons. The topological polar surface area (TPSA) is 121 Å². The van der Waals surface area contributed by atoms with Gasteiger partial charge in [0.15, 0.2) is 22.5 Å². The maximum atomic E-state index is 14.4. The lowest BCUT2D eigenvalue weighted by atomic mass is 10.0. The number of thioether (sulfide) groups is 1. The minimum Gasteiger partial charge on any atom is -0.304 e. The molecule has 36 heavy (non-hydrogen) atoms. The molecular formula is C19H19F8N6O2S+. The van der Waals surface area contributed by atoms with Gasteiger partial charge in [0.1, 0.15) is 0 Å². The van der Waals surface area contributed by atoms with Crippen molar-refractivity contribution < 1.29 is 50.2 Å². The summed E-state index contributed by atoms with van der Waals surface area (Å²) < 4.78 is 106. The first-order valence-electron chi connectivity index (χ1n) is 9.49. The summed E-state index contributed by atoms with van der Waals surface area (Å²) in [6.45, 7) is 1.66. The molecular weight excluding hydrogens is 528 g/mol. The van der Waals surface area contributed by atoms with E-state index < -0.39 is 41.1 Å². The predicted molar refractivity (Wildman–Crippen MR) is 112 cm³/mol. The average Bonchev–Trinajstić information content (AvgIpc) is 2.75. The summed E-state index contributed by atoms with van der Waals surface area (Å²) in [6, 6.07) is 2.50. The van der Waals surface area contributed by atoms with Gasteiger partial charge >= 0.3 is 18.0 Å². The van der Waals surface area contributed by atoms with Gasteiger partial charge in [-0.15, -0.1) is 0 Å². The van der Waals surface area contributed by atoms with Crippen molar-refractivity contribution in [1.82, 2.24) is 9.99 Å². The van der Waals surface area contributed by atoms with E-state index in [1.165, 1.54) is 31.8 Å². The van der Waals surface area contributed by atoms with E-state index in [1.54, 1.807) is 6.92 Å². The van der Waals surface area contributed by atoms with E-state index in [-0.39, 0.29) is 27.9 Å². The number of aromatic nitrogens is 1. The molecule has 0 saturated heterocycles. The summed E-state index contributed by atoms with van der Waals surface area (Å²) in [5.74, 6) is -10.7. The van der Waals surface area contributed by atoms with E-state index >= 15 is 0 Å². The molecule has 0 unspecified atom stereocenters. The third-order valence-electron chi connectivity index (χ3n) is 4.57. The number of carbonyl (C=O) groups is 1. The number of hydrogen-bond acceptors (Lipinski definition) is 6. The number of nitrogens with zero attached hydrogens (tertiary/aromatic N) is 2. The number of nitrogens with two attached hydrogens (primary N) is 2. The number of rotatable bonds is 7. The zero-order valence-corrected chi connectivity index (χ0v) is 19.4. The molecule has 0 bridgehead atoms. The molecule has 17 heteroatoms. The van der Waals surface area contributed by atoms with Gasteiger partial charge in [-0.1, -0.05) is 11.8 Å². The first kappa shape index (κ1) is 29.2. The molecule has 6 N–H and O–H groups in total. The van der Waals surface area contributed by atoms with Gasteiger partial charge in [-0.3, -0.25) is 15.2 Å². The summed E-state index contributed by atoms with van der Waals surface area (Å²) in [5, 5.41) is 10.6. The van der Waals surface area contributed by atoms with Crippen LogP contribution in [-0.2, 0) is 10.8 Å². The molecule has 0 aliphatic carbocycles. The molecule has 1 amide bonds. The minimum atomic E-state index is -6.62. The third-order valence-corrected chi connectivity index (χ3v) is 5.61. The van der Waals surface area contributed by atoms with Crippen molar-refractivity contribution in [2.45, 2.75) is 29.8 Å². The molecule has 1 aromatic carbocycles. The smallest absolute Gasteiger partial charge is 0.304 e. The molecule has 0 aliphatic heterocycles. The third kappa shape index (κ3) is 5.85. The number of nitrogens with one attached hydrogen (secondary N) is 2. The summed E-state index contributed by atoms with van der Waals surface area (Å²) in [7, 11) is 2.69. The number of benzene rings is 1. The number of aryl methyl sites for hydroxylation is 1. The van der Waals surface area contributed by atoms with Crippen LogP contribution >= 0.6 is 11.8 Å². The van der Waals surface area contributed by atoms with Crippen LogP contribution in [0.2, 0.25) is 0 Å². The summed E-state index contributed by atoms with van der Waals surface area (Å²) in [4.78, 5) is 21.0. The lowest BCUT2D eigenvalue weighted by Gasteiger charge is -2.28. The van der Waals surface area contributed by atoms with Crippen LogP contribution in [0.15, 0.2) is 29.3 Å². The number of pyridine rings is 1. The Labute approximate surface area is 202 Å². The first-order valence-corrected chi connectivity index (χ1v) is 10.3. The van der Waals surface area contributed by atoms with Crippen LogP contribution in [-0.4, -0.2) is 47.3 Å². The lowest BCUT2D eigenvalue weighted by Crippen LogP contribution is -2.76. The summed E-state index contributed by atoms with van der Waals surface area (Å²) in [6.07, 6.45) is -6.73. The molecule has 2 rings (SSSR count). The normalized spacial score (nSPS) is 12.4. The molecule has 2 aromatic rings. The number of quaternary nitrogens is 1. The van der Waals surface area contributed by atoms with E-state index in [2.05, 4.69) is 4.98 Å². The number of hydrogen-bond donors (Lipinski definition) is 4. The van der Waals surface area contributed by atoms with Crippen LogP contribution in [0.5, 0.6) is 0 Å². The average molecular weight is 547 g/mol. The second-order valence-corrected chi connectivity index (χ2v) is 8.26. The highest BCUT2D eigenvalue weighted by Gasteiger charge is 2.73. The number of alkyl halides is 7. The lowest BCUT2D eigenvalue weighted by molar-refractivity contribution is -0.830. The van der Waals surface area contributed by atoms with Gasteiger partial charge in [0.2, 0.25) is 0 Å². The molecule has 0 fully saturated rings. The van der Waals surface area contributed by atoms with Crippen LogP contribution in [0.25, 0.3) is 0 Å². The van der Waals surface area contributed by atoms with E-state index in [0.717, 1.165) is 16.8 Å². The number of amides is 1. The Bertz CT molecular complexity index is 1160. The Kier molecular flexibility index (Phi) is 8.55. The van der Waals surface area contributed by atoms with Crippen molar-refractivity contribution in [2.24, 2.45) is 5.84 Å². The molecule has 0 saturated carbocycles. The SMILES string of the molecule is CO[NH2+]c1cc(C(=O)Nc2ncc(C(F)(F)C(F)(F)C(F)(F)F)cc2F)c(SC(=N)N(C)N)cc1C. The van der Waals surface area contributed by atoms with E-state index in [1.807, 2.05) is 5.32 Å². The number of amidine groups is 1. The Hall–Kier alpha value is -3.02. The zero-order valence-electron chi connectivity index (χ0n) is 18.6. The highest BCUT2D eigenvalue weighted by Crippen LogP contribution is 2.51. The quantitative estimate of drug-likeness (QED) is 0.0799. The number of carbonyl (C=O) groups excluding carboxylic acids is 1. The van der Waals surface area contributed by atoms with Crippen LogP contribution in [0.1, 0.15) is 21.5 Å². The molecule has 0 aliphatic rings. The fraction of sp³-hybridized carbons (Fsp3) is 0.316. The maximum Gasteiger partial charge on any atom is 0.460 e. The fourth-order valence-electron chi connectivity index (χ4n) is 2.63. The number of halogens is 8. The summed E-state index contributed by atoms with van der Waals surface area (Å²) >= 11 is 0.739. The van der Waals surface area contributed by atoms with Gasteiger partial charge in [-0.25, -0.2) is 20.1 Å². The Morgan fingerprint density at radius 1 is 1.19 bits per heavy atom. The molecule has 1 aromatic heterocycles.